The number of carboxylic acid groups (broad SMARTS) is 1. The smallest absolute Gasteiger partial charge is 0.307 e. The van der Waals surface area contributed by atoms with Crippen molar-refractivity contribution in [3.05, 3.63) is 34.7 Å². The van der Waals surface area contributed by atoms with E-state index in [1.165, 1.54) is 11.3 Å². The lowest BCUT2D eigenvalue weighted by molar-refractivity contribution is -0.148. The van der Waals surface area contributed by atoms with Crippen molar-refractivity contribution in [2.75, 3.05) is 5.32 Å². The van der Waals surface area contributed by atoms with Crippen molar-refractivity contribution in [2.24, 2.45) is 23.7 Å². The molecule has 2 fully saturated rings. The van der Waals surface area contributed by atoms with Gasteiger partial charge >= 0.3 is 5.97 Å². The molecule has 4 rings (SSSR count). The van der Waals surface area contributed by atoms with Gasteiger partial charge in [0.1, 0.15) is 0 Å². The minimum absolute atomic E-state index is 0.148. The number of hydrogen-bond donors (Lipinski definition) is 2. The number of carboxylic acids is 1. The van der Waals surface area contributed by atoms with E-state index in [-0.39, 0.29) is 17.7 Å². The molecule has 2 N–H and O–H groups in total. The molecule has 0 spiro atoms. The number of aliphatic carboxylic acids is 1. The van der Waals surface area contributed by atoms with Crippen LogP contribution in [0.3, 0.4) is 0 Å². The van der Waals surface area contributed by atoms with Crippen LogP contribution in [-0.4, -0.2) is 22.0 Å². The second kappa shape index (κ2) is 6.50. The van der Waals surface area contributed by atoms with Crippen molar-refractivity contribution >= 4 is 28.3 Å². The van der Waals surface area contributed by atoms with Gasteiger partial charge in [-0.05, 0) is 56.6 Å². The number of aromatic nitrogens is 1. The molecular weight excluding hydrogens is 348 g/mol. The molecule has 1 aromatic heterocycles. The van der Waals surface area contributed by atoms with Crippen LogP contribution in [0.5, 0.6) is 0 Å². The number of benzene rings is 1. The first-order valence-corrected chi connectivity index (χ1v) is 9.89. The molecule has 2 aromatic rings. The van der Waals surface area contributed by atoms with E-state index < -0.39 is 17.8 Å². The zero-order valence-electron chi connectivity index (χ0n) is 14.9. The maximum atomic E-state index is 12.8. The van der Waals surface area contributed by atoms with Gasteiger partial charge in [0, 0.05) is 10.9 Å². The van der Waals surface area contributed by atoms with Gasteiger partial charge in [-0.2, -0.15) is 0 Å². The van der Waals surface area contributed by atoms with Crippen molar-refractivity contribution in [2.45, 2.75) is 33.1 Å². The normalized spacial score (nSPS) is 26.8. The van der Waals surface area contributed by atoms with Crippen LogP contribution in [0, 0.1) is 37.5 Å². The predicted octanol–water partition coefficient (Wildman–Crippen LogP) is 4.11. The van der Waals surface area contributed by atoms with Crippen LogP contribution in [0.1, 0.15) is 30.4 Å². The fourth-order valence-corrected chi connectivity index (χ4v) is 5.39. The van der Waals surface area contributed by atoms with E-state index in [0.29, 0.717) is 5.13 Å². The zero-order chi connectivity index (χ0) is 18.4. The maximum Gasteiger partial charge on any atom is 0.307 e. The minimum Gasteiger partial charge on any atom is -0.481 e. The Hall–Kier alpha value is -2.21. The molecular formula is C20H22N2O3S. The number of thiazole rings is 1. The lowest BCUT2D eigenvalue weighted by Crippen LogP contribution is -2.37. The summed E-state index contributed by atoms with van der Waals surface area (Å²) >= 11 is 1.39. The molecule has 6 heteroatoms. The fourth-order valence-electron chi connectivity index (χ4n) is 4.68. The molecule has 4 atom stereocenters. The third kappa shape index (κ3) is 2.92. The van der Waals surface area contributed by atoms with E-state index in [9.17, 15) is 14.7 Å². The average Bonchev–Trinajstić information content (AvgIpc) is 3.32. The molecule has 1 amide bonds. The van der Waals surface area contributed by atoms with E-state index in [0.717, 1.165) is 41.6 Å². The molecule has 2 aliphatic carbocycles. The molecule has 2 bridgehead atoms. The first-order chi connectivity index (χ1) is 12.4. The summed E-state index contributed by atoms with van der Waals surface area (Å²) < 4.78 is 0. The quantitative estimate of drug-likeness (QED) is 0.849. The Morgan fingerprint density at radius 1 is 1.19 bits per heavy atom. The fraction of sp³-hybridized carbons (Fsp3) is 0.450. The second-order valence-electron chi connectivity index (χ2n) is 7.57. The molecule has 0 radical (unpaired) electrons. The van der Waals surface area contributed by atoms with Crippen LogP contribution >= 0.6 is 11.3 Å². The van der Waals surface area contributed by atoms with E-state index in [1.807, 2.05) is 19.2 Å². The predicted molar refractivity (Wildman–Crippen MR) is 101 cm³/mol. The molecule has 26 heavy (non-hydrogen) atoms. The van der Waals surface area contributed by atoms with Crippen LogP contribution < -0.4 is 5.32 Å². The Balaban J connectivity index is 1.53. The summed E-state index contributed by atoms with van der Waals surface area (Å²) in [6, 6.07) is 6.22. The van der Waals surface area contributed by atoms with Gasteiger partial charge in [0.05, 0.1) is 17.5 Å². The monoisotopic (exact) mass is 370 g/mol. The highest BCUT2D eigenvalue weighted by Crippen LogP contribution is 2.52. The van der Waals surface area contributed by atoms with Gasteiger partial charge in [0.25, 0.3) is 0 Å². The minimum atomic E-state index is -0.840. The Labute approximate surface area is 156 Å². The SMILES string of the molecule is Cc1ccc(C)c(-c2csc(NC(=O)[C@@H]3[C@H]4CC[C@@H](C4)[C@H]3C(=O)O)n2)c1. The van der Waals surface area contributed by atoms with Crippen LogP contribution in [0.15, 0.2) is 23.6 Å². The molecule has 5 nitrogen and oxygen atoms in total. The van der Waals surface area contributed by atoms with Crippen molar-refractivity contribution in [1.82, 2.24) is 4.98 Å². The zero-order valence-corrected chi connectivity index (χ0v) is 15.7. The van der Waals surface area contributed by atoms with Crippen molar-refractivity contribution in [3.8, 4) is 11.3 Å². The number of nitrogens with one attached hydrogen (secondary N) is 1. The second-order valence-corrected chi connectivity index (χ2v) is 8.43. The lowest BCUT2D eigenvalue weighted by Gasteiger charge is -2.26. The molecule has 2 saturated carbocycles. The van der Waals surface area contributed by atoms with Crippen LogP contribution in [-0.2, 0) is 9.59 Å². The molecule has 1 heterocycles. The average molecular weight is 370 g/mol. The first kappa shape index (κ1) is 17.2. The standard InChI is InChI=1S/C20H22N2O3S/c1-10-3-4-11(2)14(7-10)15-9-26-20(21-15)22-18(23)16-12-5-6-13(8-12)17(16)19(24)25/h3-4,7,9,12-13,16-17H,5-6,8H2,1-2H3,(H,24,25)(H,21,22,23)/t12-,13-,16+,17+/m0/s1. The topological polar surface area (TPSA) is 79.3 Å². The number of aryl methyl sites for hydroxylation is 2. The van der Waals surface area contributed by atoms with E-state index >= 15 is 0 Å². The Kier molecular flexibility index (Phi) is 4.31. The van der Waals surface area contributed by atoms with Gasteiger partial charge in [-0.25, -0.2) is 4.98 Å². The van der Waals surface area contributed by atoms with Crippen LogP contribution in [0.25, 0.3) is 11.3 Å². The van der Waals surface area contributed by atoms with Crippen molar-refractivity contribution in [3.63, 3.8) is 0 Å². The van der Waals surface area contributed by atoms with Crippen molar-refractivity contribution < 1.29 is 14.7 Å². The van der Waals surface area contributed by atoms with E-state index in [2.05, 4.69) is 28.5 Å². The number of hydrogen-bond acceptors (Lipinski definition) is 4. The molecule has 2 aliphatic rings. The molecule has 0 unspecified atom stereocenters. The summed E-state index contributed by atoms with van der Waals surface area (Å²) in [5, 5.41) is 14.9. The summed E-state index contributed by atoms with van der Waals surface area (Å²) in [6.45, 7) is 4.08. The number of nitrogens with zero attached hydrogens (tertiary/aromatic N) is 1. The van der Waals surface area contributed by atoms with Gasteiger partial charge < -0.3 is 10.4 Å². The van der Waals surface area contributed by atoms with Gasteiger partial charge in [-0.1, -0.05) is 17.7 Å². The highest BCUT2D eigenvalue weighted by Gasteiger charge is 2.54. The van der Waals surface area contributed by atoms with Gasteiger partial charge in [0.15, 0.2) is 5.13 Å². The van der Waals surface area contributed by atoms with Crippen molar-refractivity contribution in [1.29, 1.82) is 0 Å². The van der Waals surface area contributed by atoms with Crippen LogP contribution in [0.2, 0.25) is 0 Å². The number of fused-ring (bicyclic) bond motifs is 2. The van der Waals surface area contributed by atoms with E-state index in [1.54, 1.807) is 0 Å². The number of amides is 1. The van der Waals surface area contributed by atoms with Gasteiger partial charge in [-0.3, -0.25) is 9.59 Å². The first-order valence-electron chi connectivity index (χ1n) is 9.01. The largest absolute Gasteiger partial charge is 0.481 e. The molecule has 136 valence electrons. The number of anilines is 1. The Morgan fingerprint density at radius 3 is 2.65 bits per heavy atom. The number of carbonyl (C=O) groups is 2. The highest BCUT2D eigenvalue weighted by atomic mass is 32.1. The third-order valence-electron chi connectivity index (χ3n) is 5.91. The summed E-state index contributed by atoms with van der Waals surface area (Å²) in [4.78, 5) is 29.0. The lowest BCUT2D eigenvalue weighted by atomic mass is 9.79. The number of carbonyl (C=O) groups excluding carboxylic acids is 1. The van der Waals surface area contributed by atoms with Gasteiger partial charge in [-0.15, -0.1) is 11.3 Å². The summed E-state index contributed by atoms with van der Waals surface area (Å²) in [5.41, 5.74) is 4.20. The maximum absolute atomic E-state index is 12.8. The Bertz CT molecular complexity index is 876. The third-order valence-corrected chi connectivity index (χ3v) is 6.67. The summed E-state index contributed by atoms with van der Waals surface area (Å²) in [5.74, 6) is -1.67. The Morgan fingerprint density at radius 2 is 1.92 bits per heavy atom. The van der Waals surface area contributed by atoms with E-state index in [4.69, 9.17) is 0 Å². The molecule has 0 aliphatic heterocycles. The summed E-state index contributed by atoms with van der Waals surface area (Å²) in [7, 11) is 0. The van der Waals surface area contributed by atoms with Crippen LogP contribution in [0.4, 0.5) is 5.13 Å². The molecule has 0 saturated heterocycles. The summed E-state index contributed by atoms with van der Waals surface area (Å²) in [6.07, 6.45) is 2.75. The number of rotatable bonds is 4. The van der Waals surface area contributed by atoms with Gasteiger partial charge in [0.2, 0.25) is 5.91 Å². The molecule has 1 aromatic carbocycles. The highest BCUT2D eigenvalue weighted by molar-refractivity contribution is 7.14.